The lowest BCUT2D eigenvalue weighted by Crippen LogP contribution is -2.31. The van der Waals surface area contributed by atoms with Gasteiger partial charge in [-0.2, -0.15) is 0 Å². The second-order valence-electron chi connectivity index (χ2n) is 5.05. The first-order valence-corrected chi connectivity index (χ1v) is 7.11. The standard InChI is InChI=1S/C15H13ClN2O4/c16-9-3-1-8(2-4-9)12-7-11(18-21)13(15(20)22-12)14(19)17-10-5-6-10/h1-4,7,10,18,21H,5-6H2,(H,17,19). The predicted molar refractivity (Wildman–Crippen MR) is 81.3 cm³/mol. The molecule has 0 atom stereocenters. The highest BCUT2D eigenvalue weighted by Gasteiger charge is 2.27. The molecule has 22 heavy (non-hydrogen) atoms. The molecule has 1 amide bonds. The van der Waals surface area contributed by atoms with Gasteiger partial charge < -0.3 is 9.73 Å². The van der Waals surface area contributed by atoms with E-state index in [0.29, 0.717) is 10.6 Å². The van der Waals surface area contributed by atoms with Gasteiger partial charge in [0.2, 0.25) is 0 Å². The van der Waals surface area contributed by atoms with E-state index >= 15 is 0 Å². The third kappa shape index (κ3) is 2.98. The molecule has 1 aromatic heterocycles. The lowest BCUT2D eigenvalue weighted by atomic mass is 10.1. The fraction of sp³-hybridized carbons (Fsp3) is 0.200. The quantitative estimate of drug-likeness (QED) is 0.753. The van der Waals surface area contributed by atoms with Gasteiger partial charge in [0.15, 0.2) is 5.56 Å². The molecule has 1 heterocycles. The van der Waals surface area contributed by atoms with Crippen LogP contribution in [0.25, 0.3) is 11.3 Å². The molecule has 0 spiro atoms. The zero-order valence-electron chi connectivity index (χ0n) is 11.4. The van der Waals surface area contributed by atoms with Gasteiger partial charge in [0.1, 0.15) is 5.76 Å². The van der Waals surface area contributed by atoms with Crippen LogP contribution in [0, 0.1) is 0 Å². The van der Waals surface area contributed by atoms with Gasteiger partial charge in [0, 0.05) is 22.7 Å². The summed E-state index contributed by atoms with van der Waals surface area (Å²) in [6.07, 6.45) is 1.78. The van der Waals surface area contributed by atoms with Crippen molar-refractivity contribution in [1.82, 2.24) is 5.32 Å². The Kier molecular flexibility index (Phi) is 3.87. The molecule has 2 aromatic rings. The van der Waals surface area contributed by atoms with Crippen LogP contribution in [-0.4, -0.2) is 17.2 Å². The lowest BCUT2D eigenvalue weighted by molar-refractivity contribution is 0.0947. The van der Waals surface area contributed by atoms with Crippen LogP contribution in [0.3, 0.4) is 0 Å². The number of carbonyl (C=O) groups excluding carboxylic acids is 1. The van der Waals surface area contributed by atoms with Crippen molar-refractivity contribution in [2.24, 2.45) is 0 Å². The summed E-state index contributed by atoms with van der Waals surface area (Å²) in [6.45, 7) is 0. The van der Waals surface area contributed by atoms with Crippen molar-refractivity contribution in [2.45, 2.75) is 18.9 Å². The Morgan fingerprint density at radius 1 is 1.27 bits per heavy atom. The maximum absolute atomic E-state index is 12.1. The van der Waals surface area contributed by atoms with Gasteiger partial charge in [0.05, 0.1) is 5.69 Å². The second-order valence-corrected chi connectivity index (χ2v) is 5.49. The van der Waals surface area contributed by atoms with Crippen LogP contribution < -0.4 is 16.4 Å². The number of hydrogen-bond acceptors (Lipinski definition) is 5. The molecule has 3 rings (SSSR count). The Bertz CT molecular complexity index is 766. The summed E-state index contributed by atoms with van der Waals surface area (Å²) in [6, 6.07) is 8.13. The van der Waals surface area contributed by atoms with Crippen molar-refractivity contribution in [3.63, 3.8) is 0 Å². The van der Waals surface area contributed by atoms with E-state index < -0.39 is 11.5 Å². The first-order valence-electron chi connectivity index (χ1n) is 6.73. The van der Waals surface area contributed by atoms with Gasteiger partial charge >= 0.3 is 5.63 Å². The molecule has 3 N–H and O–H groups in total. The second kappa shape index (κ2) is 5.82. The van der Waals surface area contributed by atoms with Gasteiger partial charge in [-0.25, -0.2) is 4.79 Å². The van der Waals surface area contributed by atoms with Gasteiger partial charge in [-0.1, -0.05) is 11.6 Å². The molecule has 1 aromatic carbocycles. The molecule has 7 heteroatoms. The predicted octanol–water partition coefficient (Wildman–Crippen LogP) is 2.65. The molecular formula is C15H13ClN2O4. The summed E-state index contributed by atoms with van der Waals surface area (Å²) >= 11 is 5.81. The zero-order chi connectivity index (χ0) is 15.7. The van der Waals surface area contributed by atoms with Crippen LogP contribution in [0.1, 0.15) is 23.2 Å². The maximum atomic E-state index is 12.1. The van der Waals surface area contributed by atoms with Crippen LogP contribution in [0.2, 0.25) is 5.02 Å². The fourth-order valence-electron chi connectivity index (χ4n) is 2.04. The number of amides is 1. The third-order valence-electron chi connectivity index (χ3n) is 3.34. The molecule has 114 valence electrons. The van der Waals surface area contributed by atoms with E-state index in [1.807, 2.05) is 5.48 Å². The highest BCUT2D eigenvalue weighted by atomic mass is 35.5. The average Bonchev–Trinajstić information content (AvgIpc) is 3.30. The normalized spacial score (nSPS) is 13.7. The molecule has 0 unspecified atom stereocenters. The van der Waals surface area contributed by atoms with Gasteiger partial charge in [-0.15, -0.1) is 0 Å². The molecule has 1 aliphatic carbocycles. The van der Waals surface area contributed by atoms with Crippen LogP contribution in [0.15, 0.2) is 39.5 Å². The van der Waals surface area contributed by atoms with Gasteiger partial charge in [-0.05, 0) is 37.1 Å². The molecule has 0 bridgehead atoms. The van der Waals surface area contributed by atoms with E-state index in [1.54, 1.807) is 24.3 Å². The maximum Gasteiger partial charge on any atom is 0.351 e. The highest BCUT2D eigenvalue weighted by Crippen LogP contribution is 2.25. The summed E-state index contributed by atoms with van der Waals surface area (Å²) in [4.78, 5) is 24.1. The minimum atomic E-state index is -0.817. The van der Waals surface area contributed by atoms with Crippen LogP contribution >= 0.6 is 11.6 Å². The summed E-state index contributed by atoms with van der Waals surface area (Å²) in [5, 5.41) is 12.5. The van der Waals surface area contributed by atoms with Crippen molar-refractivity contribution in [3.05, 3.63) is 51.3 Å². The van der Waals surface area contributed by atoms with E-state index in [-0.39, 0.29) is 23.1 Å². The average molecular weight is 321 g/mol. The smallest absolute Gasteiger partial charge is 0.351 e. The Morgan fingerprint density at radius 2 is 1.95 bits per heavy atom. The number of halogens is 1. The molecule has 0 radical (unpaired) electrons. The van der Waals surface area contributed by atoms with Crippen molar-refractivity contribution in [3.8, 4) is 11.3 Å². The van der Waals surface area contributed by atoms with Crippen LogP contribution in [-0.2, 0) is 0 Å². The van der Waals surface area contributed by atoms with E-state index in [4.69, 9.17) is 16.0 Å². The molecule has 6 nitrogen and oxygen atoms in total. The summed E-state index contributed by atoms with van der Waals surface area (Å²) < 4.78 is 5.19. The van der Waals surface area contributed by atoms with E-state index in [9.17, 15) is 14.8 Å². The first-order chi connectivity index (χ1) is 10.6. The Labute approximate surface area is 130 Å². The van der Waals surface area contributed by atoms with Crippen molar-refractivity contribution in [1.29, 1.82) is 0 Å². The Hall–Kier alpha value is -2.31. The minimum Gasteiger partial charge on any atom is -0.422 e. The molecule has 1 fully saturated rings. The summed E-state index contributed by atoms with van der Waals surface area (Å²) in [5.74, 6) is -0.336. The first kappa shape index (κ1) is 14.6. The van der Waals surface area contributed by atoms with Gasteiger partial charge in [0.25, 0.3) is 5.91 Å². The van der Waals surface area contributed by atoms with Crippen molar-refractivity contribution in [2.75, 3.05) is 5.48 Å². The summed E-state index contributed by atoms with van der Waals surface area (Å²) in [7, 11) is 0. The van der Waals surface area contributed by atoms with Gasteiger partial charge in [-0.3, -0.25) is 15.5 Å². The Morgan fingerprint density at radius 3 is 2.55 bits per heavy atom. The van der Waals surface area contributed by atoms with E-state index in [0.717, 1.165) is 12.8 Å². The largest absolute Gasteiger partial charge is 0.422 e. The van der Waals surface area contributed by atoms with Crippen LogP contribution in [0.5, 0.6) is 0 Å². The molecule has 0 saturated heterocycles. The number of hydrogen-bond donors (Lipinski definition) is 3. The fourth-order valence-corrected chi connectivity index (χ4v) is 2.16. The number of anilines is 1. The lowest BCUT2D eigenvalue weighted by Gasteiger charge is -2.09. The van der Waals surface area contributed by atoms with E-state index in [2.05, 4.69) is 5.32 Å². The minimum absolute atomic E-state index is 0.000602. The SMILES string of the molecule is O=C(NC1CC1)c1c(NO)cc(-c2ccc(Cl)cc2)oc1=O. The van der Waals surface area contributed by atoms with Crippen molar-refractivity contribution >= 4 is 23.2 Å². The molecule has 1 aliphatic rings. The molecule has 0 aliphatic heterocycles. The number of carbonyl (C=O) groups is 1. The molecular weight excluding hydrogens is 308 g/mol. The van der Waals surface area contributed by atoms with E-state index in [1.165, 1.54) is 6.07 Å². The number of rotatable bonds is 4. The number of benzene rings is 1. The topological polar surface area (TPSA) is 91.6 Å². The molecule has 1 saturated carbocycles. The zero-order valence-corrected chi connectivity index (χ0v) is 12.2. The monoisotopic (exact) mass is 320 g/mol. The van der Waals surface area contributed by atoms with Crippen molar-refractivity contribution < 1.29 is 14.4 Å². The highest BCUT2D eigenvalue weighted by molar-refractivity contribution is 6.30. The Balaban J connectivity index is 2.01. The third-order valence-corrected chi connectivity index (χ3v) is 3.59. The summed E-state index contributed by atoms with van der Waals surface area (Å²) in [5.41, 5.74) is 1.43. The van der Waals surface area contributed by atoms with Crippen LogP contribution in [0.4, 0.5) is 5.69 Å². The number of nitrogens with one attached hydrogen (secondary N) is 2.